The molecule has 1 amide bonds. The number of amides is 1. The van der Waals surface area contributed by atoms with E-state index in [1.54, 1.807) is 23.2 Å². The van der Waals surface area contributed by atoms with Crippen LogP contribution in [0.5, 0.6) is 0 Å². The number of pyridine rings is 1. The van der Waals surface area contributed by atoms with Gasteiger partial charge >= 0.3 is 0 Å². The molecule has 10 heteroatoms. The Morgan fingerprint density at radius 1 is 1.35 bits per heavy atom. The van der Waals surface area contributed by atoms with E-state index in [9.17, 15) is 13.2 Å². The number of piperazine rings is 1. The largest absolute Gasteiger partial charge is 0.345 e. The van der Waals surface area contributed by atoms with Crippen molar-refractivity contribution in [3.63, 3.8) is 0 Å². The summed E-state index contributed by atoms with van der Waals surface area (Å²) in [5.41, 5.74) is 0.552. The molecule has 0 saturated carbocycles. The number of hydrogen-bond donors (Lipinski definition) is 2. The lowest BCUT2D eigenvalue weighted by Crippen LogP contribution is -2.52. The van der Waals surface area contributed by atoms with Crippen LogP contribution in [0.1, 0.15) is 6.92 Å². The van der Waals surface area contributed by atoms with Crippen molar-refractivity contribution < 1.29 is 13.2 Å². The Hall–Kier alpha value is -1.68. The zero-order valence-electron chi connectivity index (χ0n) is 14.8. The Kier molecular flexibility index (Phi) is 6.62. The van der Waals surface area contributed by atoms with Crippen LogP contribution < -0.4 is 5.32 Å². The fourth-order valence-electron chi connectivity index (χ4n) is 3.14. The van der Waals surface area contributed by atoms with E-state index in [1.165, 1.54) is 10.5 Å². The monoisotopic (exact) mass is 401 g/mol. The Balaban J connectivity index is 0.00000243. The molecule has 0 aliphatic carbocycles. The molecule has 2 aromatic heterocycles. The van der Waals surface area contributed by atoms with Gasteiger partial charge in [0.15, 0.2) is 0 Å². The molecule has 1 atom stereocenters. The van der Waals surface area contributed by atoms with Crippen LogP contribution in [0.15, 0.2) is 29.4 Å². The molecule has 2 N–H and O–H groups in total. The lowest BCUT2D eigenvalue weighted by atomic mass is 10.1. The maximum Gasteiger partial charge on any atom is 0.245 e. The predicted octanol–water partition coefficient (Wildman–Crippen LogP) is 0.673. The summed E-state index contributed by atoms with van der Waals surface area (Å²) in [4.78, 5) is 21.4. The molecule has 0 radical (unpaired) electrons. The summed E-state index contributed by atoms with van der Waals surface area (Å²) >= 11 is 0. The van der Waals surface area contributed by atoms with Gasteiger partial charge in [-0.1, -0.05) is 6.92 Å². The number of rotatable bonds is 5. The summed E-state index contributed by atoms with van der Waals surface area (Å²) in [6.45, 7) is 3.90. The average molecular weight is 402 g/mol. The molecule has 144 valence electrons. The molecule has 1 aliphatic heterocycles. The molecule has 3 rings (SSSR count). The van der Waals surface area contributed by atoms with E-state index in [0.29, 0.717) is 43.8 Å². The first-order chi connectivity index (χ1) is 11.9. The van der Waals surface area contributed by atoms with Gasteiger partial charge in [-0.2, -0.15) is 4.31 Å². The van der Waals surface area contributed by atoms with Gasteiger partial charge < -0.3 is 15.2 Å². The normalized spacial score (nSPS) is 17.1. The Morgan fingerprint density at radius 3 is 2.69 bits per heavy atom. The number of carbonyl (C=O) groups is 1. The molecule has 1 aliphatic rings. The van der Waals surface area contributed by atoms with Crippen LogP contribution in [0, 0.1) is 5.92 Å². The number of halogens is 1. The van der Waals surface area contributed by atoms with Gasteiger partial charge in [0.1, 0.15) is 10.5 Å². The number of aromatic nitrogens is 2. The van der Waals surface area contributed by atoms with Crippen molar-refractivity contribution in [1.29, 1.82) is 0 Å². The van der Waals surface area contributed by atoms with Crippen molar-refractivity contribution in [2.75, 3.05) is 39.8 Å². The highest BCUT2D eigenvalue weighted by Crippen LogP contribution is 2.25. The fraction of sp³-hybridized carbons (Fsp3) is 0.500. The molecule has 0 bridgehead atoms. The SMILES string of the molecule is CNCC(C)C(=O)N1CCN(S(=O)(=O)c2c[nH]c3ncccc23)CC1.Cl. The van der Waals surface area contributed by atoms with E-state index >= 15 is 0 Å². The highest BCUT2D eigenvalue weighted by molar-refractivity contribution is 7.89. The number of hydrogen-bond acceptors (Lipinski definition) is 5. The third-order valence-electron chi connectivity index (χ3n) is 4.51. The van der Waals surface area contributed by atoms with Crippen LogP contribution in [0.25, 0.3) is 11.0 Å². The van der Waals surface area contributed by atoms with Crippen LogP contribution in [0.4, 0.5) is 0 Å². The topological polar surface area (TPSA) is 98.4 Å². The predicted molar refractivity (Wildman–Crippen MR) is 102 cm³/mol. The van der Waals surface area contributed by atoms with Crippen molar-refractivity contribution in [2.24, 2.45) is 5.92 Å². The van der Waals surface area contributed by atoms with Crippen molar-refractivity contribution in [2.45, 2.75) is 11.8 Å². The van der Waals surface area contributed by atoms with Gasteiger partial charge in [-0.05, 0) is 19.2 Å². The first kappa shape index (κ1) is 20.6. The molecule has 1 fully saturated rings. The second kappa shape index (κ2) is 8.34. The molecular weight excluding hydrogens is 378 g/mol. The highest BCUT2D eigenvalue weighted by atomic mass is 35.5. The first-order valence-corrected chi connectivity index (χ1v) is 9.75. The third-order valence-corrected chi connectivity index (χ3v) is 6.45. The highest BCUT2D eigenvalue weighted by Gasteiger charge is 2.32. The molecule has 8 nitrogen and oxygen atoms in total. The van der Waals surface area contributed by atoms with Gasteiger partial charge in [-0.15, -0.1) is 12.4 Å². The lowest BCUT2D eigenvalue weighted by molar-refractivity contribution is -0.136. The number of sulfonamides is 1. The van der Waals surface area contributed by atoms with E-state index < -0.39 is 10.0 Å². The summed E-state index contributed by atoms with van der Waals surface area (Å²) in [6.07, 6.45) is 3.10. The standard InChI is InChI=1S/C16H23N5O3S.ClH/c1-12(10-17-2)16(22)20-6-8-21(9-7-20)25(23,24)14-11-19-15-13(14)4-3-5-18-15;/h3-5,11-12,17H,6-10H2,1-2H3,(H,18,19);1H. The van der Waals surface area contributed by atoms with Gasteiger partial charge in [-0.3, -0.25) is 4.79 Å². The van der Waals surface area contributed by atoms with Crippen LogP contribution in [0.2, 0.25) is 0 Å². The van der Waals surface area contributed by atoms with Crippen molar-refractivity contribution in [3.05, 3.63) is 24.5 Å². The number of fused-ring (bicyclic) bond motifs is 1. The zero-order valence-corrected chi connectivity index (χ0v) is 16.4. The van der Waals surface area contributed by atoms with E-state index in [-0.39, 0.29) is 29.1 Å². The molecule has 3 heterocycles. The Bertz CT molecular complexity index is 862. The quantitative estimate of drug-likeness (QED) is 0.767. The van der Waals surface area contributed by atoms with Gasteiger partial charge in [0.25, 0.3) is 0 Å². The molecule has 0 spiro atoms. The fourth-order valence-corrected chi connectivity index (χ4v) is 4.71. The Labute approximate surface area is 159 Å². The van der Waals surface area contributed by atoms with Crippen LogP contribution in [0.3, 0.4) is 0 Å². The van der Waals surface area contributed by atoms with E-state index in [2.05, 4.69) is 15.3 Å². The number of nitrogens with zero attached hydrogens (tertiary/aromatic N) is 3. The van der Waals surface area contributed by atoms with Crippen molar-refractivity contribution in [3.8, 4) is 0 Å². The average Bonchev–Trinajstić information content (AvgIpc) is 3.06. The minimum atomic E-state index is -3.61. The molecule has 2 aromatic rings. The zero-order chi connectivity index (χ0) is 18.0. The molecular formula is C16H24ClN5O3S. The minimum Gasteiger partial charge on any atom is -0.345 e. The van der Waals surface area contributed by atoms with Crippen LogP contribution >= 0.6 is 12.4 Å². The maximum absolute atomic E-state index is 12.9. The first-order valence-electron chi connectivity index (χ1n) is 8.30. The van der Waals surface area contributed by atoms with Gasteiger partial charge in [0, 0.05) is 56.4 Å². The van der Waals surface area contributed by atoms with E-state index in [0.717, 1.165) is 0 Å². The third kappa shape index (κ3) is 3.85. The van der Waals surface area contributed by atoms with E-state index in [1.807, 2.05) is 14.0 Å². The summed E-state index contributed by atoms with van der Waals surface area (Å²) in [7, 11) is -1.80. The number of H-pyrrole nitrogens is 1. The minimum absolute atomic E-state index is 0. The molecule has 1 saturated heterocycles. The molecule has 1 unspecified atom stereocenters. The number of carbonyl (C=O) groups excluding carboxylic acids is 1. The number of nitrogens with one attached hydrogen (secondary N) is 2. The van der Waals surface area contributed by atoms with Gasteiger partial charge in [-0.25, -0.2) is 13.4 Å². The smallest absolute Gasteiger partial charge is 0.245 e. The van der Waals surface area contributed by atoms with Gasteiger partial charge in [0.2, 0.25) is 15.9 Å². The second-order valence-electron chi connectivity index (χ2n) is 6.24. The summed E-state index contributed by atoms with van der Waals surface area (Å²) in [5, 5.41) is 3.58. The van der Waals surface area contributed by atoms with Crippen LogP contribution in [-0.2, 0) is 14.8 Å². The molecule has 26 heavy (non-hydrogen) atoms. The Morgan fingerprint density at radius 2 is 2.04 bits per heavy atom. The van der Waals surface area contributed by atoms with Gasteiger partial charge in [0.05, 0.1) is 0 Å². The lowest BCUT2D eigenvalue weighted by Gasteiger charge is -2.35. The number of aromatic amines is 1. The maximum atomic E-state index is 12.9. The molecule has 0 aromatic carbocycles. The van der Waals surface area contributed by atoms with E-state index in [4.69, 9.17) is 0 Å². The summed E-state index contributed by atoms with van der Waals surface area (Å²) < 4.78 is 27.3. The summed E-state index contributed by atoms with van der Waals surface area (Å²) in [5.74, 6) is -0.0597. The van der Waals surface area contributed by atoms with Crippen molar-refractivity contribution >= 4 is 39.4 Å². The van der Waals surface area contributed by atoms with Crippen molar-refractivity contribution in [1.82, 2.24) is 24.5 Å². The second-order valence-corrected chi connectivity index (χ2v) is 8.15. The van der Waals surface area contributed by atoms with Crippen LogP contribution in [-0.4, -0.2) is 73.3 Å². The summed E-state index contributed by atoms with van der Waals surface area (Å²) in [6, 6.07) is 3.46.